The topological polar surface area (TPSA) is 73.3 Å². The highest BCUT2D eigenvalue weighted by Crippen LogP contribution is 2.31. The molecule has 6 nitrogen and oxygen atoms in total. The van der Waals surface area contributed by atoms with E-state index in [9.17, 15) is 13.6 Å². The van der Waals surface area contributed by atoms with Crippen LogP contribution in [0.15, 0.2) is 18.2 Å². The predicted octanol–water partition coefficient (Wildman–Crippen LogP) is 3.05. The van der Waals surface area contributed by atoms with Gasteiger partial charge in [-0.2, -0.15) is 8.78 Å². The molecule has 2 aromatic rings. The van der Waals surface area contributed by atoms with Crippen molar-refractivity contribution in [2.24, 2.45) is 0 Å². The standard InChI is InChI=1S/C11H8ClF2N3O3S/c1-19-6-3-2-5(4-7(6)20-11(13)14)15-8(18)9-16-17-10(12)21-9/h2-4,11H,1H3,(H,15,18). The quantitative estimate of drug-likeness (QED) is 0.909. The highest BCUT2D eigenvalue weighted by molar-refractivity contribution is 7.17. The molecule has 1 aromatic carbocycles. The minimum absolute atomic E-state index is 0.0483. The Hall–Kier alpha value is -2.00. The Balaban J connectivity index is 2.18. The van der Waals surface area contributed by atoms with E-state index in [2.05, 4.69) is 20.3 Å². The van der Waals surface area contributed by atoms with E-state index in [-0.39, 0.29) is 26.7 Å². The molecule has 0 saturated carbocycles. The van der Waals surface area contributed by atoms with Gasteiger partial charge in [0.25, 0.3) is 5.91 Å². The SMILES string of the molecule is COc1ccc(NC(=O)c2nnc(Cl)s2)cc1OC(F)F. The van der Waals surface area contributed by atoms with Gasteiger partial charge in [-0.1, -0.05) is 11.3 Å². The monoisotopic (exact) mass is 335 g/mol. The van der Waals surface area contributed by atoms with Crippen molar-refractivity contribution < 1.29 is 23.0 Å². The molecular weight excluding hydrogens is 328 g/mol. The lowest BCUT2D eigenvalue weighted by molar-refractivity contribution is -0.0511. The van der Waals surface area contributed by atoms with Crippen LogP contribution in [0, 0.1) is 0 Å². The fourth-order valence-corrected chi connectivity index (χ4v) is 2.15. The molecule has 1 heterocycles. The maximum absolute atomic E-state index is 12.3. The van der Waals surface area contributed by atoms with Crippen molar-refractivity contribution in [1.29, 1.82) is 0 Å². The van der Waals surface area contributed by atoms with Crippen LogP contribution < -0.4 is 14.8 Å². The summed E-state index contributed by atoms with van der Waals surface area (Å²) in [6.07, 6.45) is 0. The molecule has 0 spiro atoms. The van der Waals surface area contributed by atoms with E-state index in [1.54, 1.807) is 0 Å². The maximum Gasteiger partial charge on any atom is 0.387 e. The molecule has 1 amide bonds. The number of anilines is 1. The highest BCUT2D eigenvalue weighted by atomic mass is 35.5. The zero-order chi connectivity index (χ0) is 15.4. The third kappa shape index (κ3) is 3.99. The van der Waals surface area contributed by atoms with Gasteiger partial charge in [0, 0.05) is 11.8 Å². The number of methoxy groups -OCH3 is 1. The summed E-state index contributed by atoms with van der Waals surface area (Å²) < 4.78 is 33.9. The van der Waals surface area contributed by atoms with Crippen molar-refractivity contribution in [3.05, 3.63) is 27.7 Å². The van der Waals surface area contributed by atoms with Crippen molar-refractivity contribution >= 4 is 34.5 Å². The molecule has 0 fully saturated rings. The number of hydrogen-bond acceptors (Lipinski definition) is 6. The van der Waals surface area contributed by atoms with Crippen LogP contribution in [-0.2, 0) is 0 Å². The normalized spacial score (nSPS) is 10.5. The number of benzene rings is 1. The second-order valence-electron chi connectivity index (χ2n) is 3.56. The Morgan fingerprint density at radius 1 is 1.38 bits per heavy atom. The molecule has 0 aliphatic heterocycles. The van der Waals surface area contributed by atoms with E-state index in [0.717, 1.165) is 11.3 Å². The lowest BCUT2D eigenvalue weighted by Crippen LogP contribution is -2.12. The van der Waals surface area contributed by atoms with Crippen LogP contribution in [0.25, 0.3) is 0 Å². The number of nitrogens with zero attached hydrogens (tertiary/aromatic N) is 2. The highest BCUT2D eigenvalue weighted by Gasteiger charge is 2.15. The molecule has 0 unspecified atom stereocenters. The number of hydrogen-bond donors (Lipinski definition) is 1. The van der Waals surface area contributed by atoms with Gasteiger partial charge >= 0.3 is 6.61 Å². The van der Waals surface area contributed by atoms with Gasteiger partial charge in [-0.15, -0.1) is 10.2 Å². The Morgan fingerprint density at radius 2 is 2.14 bits per heavy atom. The Labute approximate surface area is 126 Å². The molecule has 1 N–H and O–H groups in total. The van der Waals surface area contributed by atoms with E-state index in [4.69, 9.17) is 16.3 Å². The molecule has 112 valence electrons. The van der Waals surface area contributed by atoms with Crippen LogP contribution in [-0.4, -0.2) is 29.8 Å². The number of rotatable bonds is 5. The zero-order valence-electron chi connectivity index (χ0n) is 10.5. The predicted molar refractivity (Wildman–Crippen MR) is 72.5 cm³/mol. The number of nitrogens with one attached hydrogen (secondary N) is 1. The molecule has 0 saturated heterocycles. The van der Waals surface area contributed by atoms with E-state index < -0.39 is 12.5 Å². The average Bonchev–Trinajstić information content (AvgIpc) is 2.85. The first-order valence-electron chi connectivity index (χ1n) is 5.43. The van der Waals surface area contributed by atoms with Gasteiger partial charge in [0.1, 0.15) is 0 Å². The summed E-state index contributed by atoms with van der Waals surface area (Å²) >= 11 is 6.47. The zero-order valence-corrected chi connectivity index (χ0v) is 12.0. The third-order valence-electron chi connectivity index (χ3n) is 2.23. The van der Waals surface area contributed by atoms with Crippen molar-refractivity contribution in [3.8, 4) is 11.5 Å². The summed E-state index contributed by atoms with van der Waals surface area (Å²) in [6.45, 7) is -3.01. The van der Waals surface area contributed by atoms with Crippen LogP contribution in [0.3, 0.4) is 0 Å². The number of ether oxygens (including phenoxy) is 2. The summed E-state index contributed by atoms with van der Waals surface area (Å²) in [4.78, 5) is 11.8. The van der Waals surface area contributed by atoms with Crippen molar-refractivity contribution in [2.45, 2.75) is 6.61 Å². The molecule has 0 aliphatic rings. The Morgan fingerprint density at radius 3 is 2.71 bits per heavy atom. The molecule has 1 aromatic heterocycles. The second-order valence-corrected chi connectivity index (χ2v) is 5.12. The summed E-state index contributed by atoms with van der Waals surface area (Å²) in [5.41, 5.74) is 0.239. The molecule has 21 heavy (non-hydrogen) atoms. The van der Waals surface area contributed by atoms with Crippen LogP contribution in [0.5, 0.6) is 11.5 Å². The summed E-state index contributed by atoms with van der Waals surface area (Å²) in [5, 5.41) is 9.57. The summed E-state index contributed by atoms with van der Waals surface area (Å²) in [7, 11) is 1.31. The second kappa shape index (κ2) is 6.64. The van der Waals surface area contributed by atoms with Gasteiger partial charge in [-0.25, -0.2) is 0 Å². The van der Waals surface area contributed by atoms with Crippen LogP contribution in [0.2, 0.25) is 4.47 Å². The Bertz CT molecular complexity index is 653. The maximum atomic E-state index is 12.3. The summed E-state index contributed by atoms with van der Waals surface area (Å²) in [6, 6.07) is 4.07. The average molecular weight is 336 g/mol. The number of carbonyl (C=O) groups is 1. The molecule has 10 heteroatoms. The number of aromatic nitrogens is 2. The number of carbonyl (C=O) groups excluding carboxylic acids is 1. The van der Waals surface area contributed by atoms with Crippen molar-refractivity contribution in [3.63, 3.8) is 0 Å². The first-order valence-corrected chi connectivity index (χ1v) is 6.62. The van der Waals surface area contributed by atoms with Crippen LogP contribution in [0.4, 0.5) is 14.5 Å². The third-order valence-corrected chi connectivity index (χ3v) is 3.25. The van der Waals surface area contributed by atoms with E-state index >= 15 is 0 Å². The van der Waals surface area contributed by atoms with Crippen molar-refractivity contribution in [2.75, 3.05) is 12.4 Å². The first kappa shape index (κ1) is 15.4. The lowest BCUT2D eigenvalue weighted by atomic mass is 10.2. The fourth-order valence-electron chi connectivity index (χ4n) is 1.42. The van der Waals surface area contributed by atoms with E-state index in [0.29, 0.717) is 0 Å². The molecule has 0 aliphatic carbocycles. The summed E-state index contributed by atoms with van der Waals surface area (Å²) in [5.74, 6) is -0.639. The van der Waals surface area contributed by atoms with Gasteiger partial charge in [0.05, 0.1) is 7.11 Å². The van der Waals surface area contributed by atoms with Crippen LogP contribution >= 0.6 is 22.9 Å². The Kier molecular flexibility index (Phi) is 4.86. The first-order chi connectivity index (χ1) is 9.99. The van der Waals surface area contributed by atoms with E-state index in [1.807, 2.05) is 0 Å². The van der Waals surface area contributed by atoms with Gasteiger partial charge in [0.2, 0.25) is 9.47 Å². The minimum Gasteiger partial charge on any atom is -0.493 e. The molecule has 0 radical (unpaired) electrons. The number of halogens is 3. The largest absolute Gasteiger partial charge is 0.493 e. The molecule has 0 bridgehead atoms. The van der Waals surface area contributed by atoms with Gasteiger partial charge in [0.15, 0.2) is 11.5 Å². The van der Waals surface area contributed by atoms with Crippen LogP contribution in [0.1, 0.15) is 9.80 Å². The molecular formula is C11H8ClF2N3O3S. The molecule has 0 atom stereocenters. The van der Waals surface area contributed by atoms with Gasteiger partial charge < -0.3 is 14.8 Å². The van der Waals surface area contributed by atoms with E-state index in [1.165, 1.54) is 25.3 Å². The van der Waals surface area contributed by atoms with Crippen molar-refractivity contribution in [1.82, 2.24) is 10.2 Å². The number of alkyl halides is 2. The van der Waals surface area contributed by atoms with Gasteiger partial charge in [-0.3, -0.25) is 4.79 Å². The van der Waals surface area contributed by atoms with Gasteiger partial charge in [-0.05, 0) is 23.7 Å². The lowest BCUT2D eigenvalue weighted by Gasteiger charge is -2.11. The number of amides is 1. The fraction of sp³-hybridized carbons (Fsp3) is 0.182. The smallest absolute Gasteiger partial charge is 0.387 e. The minimum atomic E-state index is -3.01. The molecule has 2 rings (SSSR count).